The molecule has 0 saturated carbocycles. The van der Waals surface area contributed by atoms with Crippen molar-refractivity contribution in [2.45, 2.75) is 25.6 Å². The molecule has 1 amide bonds. The van der Waals surface area contributed by atoms with Crippen molar-refractivity contribution in [2.24, 2.45) is 5.92 Å². The van der Waals surface area contributed by atoms with E-state index in [1.165, 1.54) is 12.1 Å². The van der Waals surface area contributed by atoms with Gasteiger partial charge in [0.2, 0.25) is 0 Å². The number of likely N-dealkylation sites (tertiary alicyclic amines) is 1. The fourth-order valence-electron chi connectivity index (χ4n) is 3.00. The van der Waals surface area contributed by atoms with Gasteiger partial charge in [-0.3, -0.25) is 4.79 Å². The minimum Gasteiger partial charge on any atom is -0.339 e. The number of carbonyl (C=O) groups excluding carboxylic acids is 1. The van der Waals surface area contributed by atoms with E-state index >= 15 is 0 Å². The van der Waals surface area contributed by atoms with Crippen LogP contribution >= 0.6 is 0 Å². The number of hydrogen-bond acceptors (Lipinski definition) is 2. The van der Waals surface area contributed by atoms with Gasteiger partial charge in [0.05, 0.1) is 11.9 Å². The van der Waals surface area contributed by atoms with E-state index in [1.807, 2.05) is 10.8 Å². The van der Waals surface area contributed by atoms with Gasteiger partial charge in [0.1, 0.15) is 0 Å². The second-order valence-electron chi connectivity index (χ2n) is 6.07. The average Bonchev–Trinajstić information content (AvgIpc) is 3.07. The molecular weight excluding hydrogens is 319 g/mol. The molecule has 1 aliphatic rings. The highest BCUT2D eigenvalue weighted by Crippen LogP contribution is 2.29. The van der Waals surface area contributed by atoms with Crippen LogP contribution in [0.4, 0.5) is 13.2 Å². The zero-order valence-corrected chi connectivity index (χ0v) is 13.0. The molecule has 1 aromatic carbocycles. The fourth-order valence-corrected chi connectivity index (χ4v) is 3.00. The van der Waals surface area contributed by atoms with E-state index in [2.05, 4.69) is 4.98 Å². The lowest BCUT2D eigenvalue weighted by Crippen LogP contribution is -2.39. The highest BCUT2D eigenvalue weighted by atomic mass is 19.4. The Hall–Kier alpha value is -2.31. The highest BCUT2D eigenvalue weighted by Gasteiger charge is 2.30. The predicted molar refractivity (Wildman–Crippen MR) is 82.3 cm³/mol. The first-order chi connectivity index (χ1) is 11.4. The van der Waals surface area contributed by atoms with Gasteiger partial charge < -0.3 is 9.47 Å². The molecule has 0 aliphatic carbocycles. The van der Waals surface area contributed by atoms with Gasteiger partial charge in [-0.15, -0.1) is 0 Å². The zero-order valence-electron chi connectivity index (χ0n) is 13.0. The van der Waals surface area contributed by atoms with Crippen molar-refractivity contribution in [2.75, 3.05) is 13.1 Å². The molecule has 24 heavy (non-hydrogen) atoms. The Bertz CT molecular complexity index is 672. The number of hydrogen-bond donors (Lipinski definition) is 0. The van der Waals surface area contributed by atoms with Crippen molar-refractivity contribution < 1.29 is 18.0 Å². The predicted octanol–water partition coefficient (Wildman–Crippen LogP) is 3.45. The summed E-state index contributed by atoms with van der Waals surface area (Å²) in [5.74, 6) is 0.278. The van der Waals surface area contributed by atoms with E-state index in [0.29, 0.717) is 24.6 Å². The molecule has 1 fully saturated rings. The van der Waals surface area contributed by atoms with Gasteiger partial charge in [-0.1, -0.05) is 0 Å². The van der Waals surface area contributed by atoms with Crippen LogP contribution in [0.5, 0.6) is 0 Å². The summed E-state index contributed by atoms with van der Waals surface area (Å²) in [6.07, 6.45) is 2.81. The Morgan fingerprint density at radius 1 is 1.17 bits per heavy atom. The van der Waals surface area contributed by atoms with Gasteiger partial charge in [0.15, 0.2) is 0 Å². The first-order valence-corrected chi connectivity index (χ1v) is 7.86. The number of benzene rings is 1. The standard InChI is InChI=1S/C17H18F3N3O/c18-17(19,20)15-3-1-14(2-4-15)16(24)23-8-5-13(6-9-23)11-22-10-7-21-12-22/h1-4,7,10,12-13H,5-6,8-9,11H2. The summed E-state index contributed by atoms with van der Waals surface area (Å²) in [5, 5.41) is 0. The number of rotatable bonds is 3. The van der Waals surface area contributed by atoms with E-state index in [9.17, 15) is 18.0 Å². The Labute approximate surface area is 137 Å². The number of piperidine rings is 1. The molecule has 128 valence electrons. The van der Waals surface area contributed by atoms with Crippen LogP contribution < -0.4 is 0 Å². The third-order valence-corrected chi connectivity index (χ3v) is 4.39. The topological polar surface area (TPSA) is 38.1 Å². The smallest absolute Gasteiger partial charge is 0.339 e. The minimum absolute atomic E-state index is 0.204. The van der Waals surface area contributed by atoms with Gasteiger partial charge in [-0.25, -0.2) is 4.98 Å². The minimum atomic E-state index is -4.38. The lowest BCUT2D eigenvalue weighted by molar-refractivity contribution is -0.137. The zero-order chi connectivity index (χ0) is 17.2. The lowest BCUT2D eigenvalue weighted by atomic mass is 9.96. The molecule has 1 saturated heterocycles. The van der Waals surface area contributed by atoms with Crippen molar-refractivity contribution in [3.05, 3.63) is 54.1 Å². The molecule has 7 heteroatoms. The van der Waals surface area contributed by atoms with Crippen LogP contribution in [0.2, 0.25) is 0 Å². The molecule has 1 aliphatic heterocycles. The number of aromatic nitrogens is 2. The van der Waals surface area contributed by atoms with E-state index < -0.39 is 11.7 Å². The lowest BCUT2D eigenvalue weighted by Gasteiger charge is -2.32. The summed E-state index contributed by atoms with van der Waals surface area (Å²) in [4.78, 5) is 18.1. The third kappa shape index (κ3) is 3.77. The summed E-state index contributed by atoms with van der Waals surface area (Å²) in [7, 11) is 0. The number of imidazole rings is 1. The second kappa shape index (κ2) is 6.67. The van der Waals surface area contributed by atoms with E-state index in [4.69, 9.17) is 0 Å². The molecule has 2 heterocycles. The van der Waals surface area contributed by atoms with Crippen LogP contribution in [0.1, 0.15) is 28.8 Å². The van der Waals surface area contributed by atoms with Crippen LogP contribution in [0.15, 0.2) is 43.0 Å². The number of nitrogens with zero attached hydrogens (tertiary/aromatic N) is 3. The molecule has 0 spiro atoms. The molecule has 0 bridgehead atoms. The Kier molecular flexibility index (Phi) is 4.59. The molecule has 4 nitrogen and oxygen atoms in total. The third-order valence-electron chi connectivity index (χ3n) is 4.39. The molecule has 0 unspecified atom stereocenters. The van der Waals surface area contributed by atoms with E-state index in [-0.39, 0.29) is 5.91 Å². The van der Waals surface area contributed by atoms with Crippen LogP contribution in [0.25, 0.3) is 0 Å². The summed E-state index contributed by atoms with van der Waals surface area (Å²) in [6.45, 7) is 2.13. The Balaban J connectivity index is 1.57. The number of alkyl halides is 3. The number of amides is 1. The summed E-state index contributed by atoms with van der Waals surface area (Å²) in [6, 6.07) is 4.42. The van der Waals surface area contributed by atoms with Gasteiger partial charge >= 0.3 is 6.18 Å². The van der Waals surface area contributed by atoms with Gasteiger partial charge in [-0.05, 0) is 43.0 Å². The van der Waals surface area contributed by atoms with E-state index in [0.717, 1.165) is 31.5 Å². The molecule has 2 aromatic rings. The maximum absolute atomic E-state index is 12.6. The average molecular weight is 337 g/mol. The number of halogens is 3. The first-order valence-electron chi connectivity index (χ1n) is 7.86. The van der Waals surface area contributed by atoms with Gasteiger partial charge in [0.25, 0.3) is 5.91 Å². The second-order valence-corrected chi connectivity index (χ2v) is 6.07. The molecule has 0 atom stereocenters. The van der Waals surface area contributed by atoms with Crippen molar-refractivity contribution in [1.82, 2.24) is 14.5 Å². The van der Waals surface area contributed by atoms with Crippen LogP contribution in [-0.2, 0) is 12.7 Å². The summed E-state index contributed by atoms with van der Waals surface area (Å²) >= 11 is 0. The summed E-state index contributed by atoms with van der Waals surface area (Å²) < 4.78 is 39.7. The van der Waals surface area contributed by atoms with Crippen LogP contribution in [0.3, 0.4) is 0 Å². The molecule has 3 rings (SSSR count). The fraction of sp³-hybridized carbons (Fsp3) is 0.412. The van der Waals surface area contributed by atoms with Crippen LogP contribution in [-0.4, -0.2) is 33.4 Å². The maximum Gasteiger partial charge on any atom is 0.416 e. The quantitative estimate of drug-likeness (QED) is 0.860. The molecule has 1 aromatic heterocycles. The van der Waals surface area contributed by atoms with Crippen LogP contribution in [0, 0.1) is 5.92 Å². The number of carbonyl (C=O) groups is 1. The Morgan fingerprint density at radius 3 is 2.38 bits per heavy atom. The Morgan fingerprint density at radius 2 is 1.83 bits per heavy atom. The van der Waals surface area contributed by atoms with Crippen molar-refractivity contribution in [3.8, 4) is 0 Å². The monoisotopic (exact) mass is 337 g/mol. The van der Waals surface area contributed by atoms with Gasteiger partial charge in [-0.2, -0.15) is 13.2 Å². The molecule has 0 radical (unpaired) electrons. The molecular formula is C17H18F3N3O. The van der Waals surface area contributed by atoms with Crippen molar-refractivity contribution in [3.63, 3.8) is 0 Å². The summed E-state index contributed by atoms with van der Waals surface area (Å²) in [5.41, 5.74) is -0.436. The van der Waals surface area contributed by atoms with E-state index in [1.54, 1.807) is 17.4 Å². The first kappa shape index (κ1) is 16.5. The molecule has 0 N–H and O–H groups in total. The maximum atomic E-state index is 12.6. The van der Waals surface area contributed by atoms with Gasteiger partial charge in [0, 0.05) is 37.6 Å². The van der Waals surface area contributed by atoms with Crippen molar-refractivity contribution >= 4 is 5.91 Å². The largest absolute Gasteiger partial charge is 0.416 e. The highest BCUT2D eigenvalue weighted by molar-refractivity contribution is 5.94. The van der Waals surface area contributed by atoms with Crippen molar-refractivity contribution in [1.29, 1.82) is 0 Å². The SMILES string of the molecule is O=C(c1ccc(C(F)(F)F)cc1)N1CCC(Cn2ccnc2)CC1. The normalized spacial score (nSPS) is 16.4.